The molecule has 0 aromatic carbocycles. The fraction of sp³-hybridized carbons (Fsp3) is 0.647. The molecule has 0 heterocycles. The van der Waals surface area contributed by atoms with Crippen LogP contribution in [0.1, 0.15) is 38.5 Å². The molecule has 31 heavy (non-hydrogen) atoms. The maximum Gasteiger partial charge on any atom is 0.326 e. The summed E-state index contributed by atoms with van der Waals surface area (Å²) in [6, 6.07) is -3.85. The summed E-state index contributed by atoms with van der Waals surface area (Å²) in [5.74, 6) is -5.88. The number of amides is 4. The Kier molecular flexibility index (Phi) is 13.1. The Labute approximate surface area is 178 Å². The standard InChI is InChI=1S/C17H30N6O8/c18-6-2-1-3-11(17(30)31)23-16(29)10(4-5-14(26)27)22-13(25)8-21-15(28)9(19)7-12(20)24/h9-11H,1-8,18-19H2,(H2,20,24)(H,21,28)(H,22,25)(H,23,29)(H,26,27)(H,30,31). The van der Waals surface area contributed by atoms with Gasteiger partial charge in [0.2, 0.25) is 23.6 Å². The molecule has 4 amide bonds. The van der Waals surface area contributed by atoms with Crippen LogP contribution in [0.5, 0.6) is 0 Å². The number of carboxylic acid groups (broad SMARTS) is 2. The van der Waals surface area contributed by atoms with E-state index >= 15 is 0 Å². The highest BCUT2D eigenvalue weighted by Gasteiger charge is 2.27. The van der Waals surface area contributed by atoms with Crippen LogP contribution >= 0.6 is 0 Å². The number of carboxylic acids is 2. The normalized spacial score (nSPS) is 13.4. The lowest BCUT2D eigenvalue weighted by molar-refractivity contribution is -0.143. The number of primary amides is 1. The number of carbonyl (C=O) groups is 6. The molecule has 3 unspecified atom stereocenters. The van der Waals surface area contributed by atoms with Gasteiger partial charge in [0.1, 0.15) is 12.1 Å². The van der Waals surface area contributed by atoms with Crippen LogP contribution in [0, 0.1) is 0 Å². The number of unbranched alkanes of at least 4 members (excludes halogenated alkanes) is 1. The zero-order valence-corrected chi connectivity index (χ0v) is 17.0. The molecule has 0 aromatic rings. The maximum absolute atomic E-state index is 12.4. The number of hydrogen-bond acceptors (Lipinski definition) is 8. The van der Waals surface area contributed by atoms with E-state index in [1.807, 2.05) is 0 Å². The molecule has 0 aliphatic heterocycles. The van der Waals surface area contributed by atoms with Crippen LogP contribution in [0.2, 0.25) is 0 Å². The number of hydrogen-bond donors (Lipinski definition) is 8. The molecule has 0 saturated heterocycles. The highest BCUT2D eigenvalue weighted by molar-refractivity contribution is 5.93. The maximum atomic E-state index is 12.4. The quantitative estimate of drug-likeness (QED) is 0.108. The second-order valence-corrected chi connectivity index (χ2v) is 6.73. The van der Waals surface area contributed by atoms with E-state index in [-0.39, 0.29) is 12.8 Å². The molecule has 0 aromatic heterocycles. The Bertz CT molecular complexity index is 671. The highest BCUT2D eigenvalue weighted by atomic mass is 16.4. The number of rotatable bonds is 16. The predicted molar refractivity (Wildman–Crippen MR) is 106 cm³/mol. The molecule has 3 atom stereocenters. The molecule has 14 nitrogen and oxygen atoms in total. The zero-order chi connectivity index (χ0) is 24.0. The van der Waals surface area contributed by atoms with Crippen molar-refractivity contribution in [1.82, 2.24) is 16.0 Å². The first-order valence-electron chi connectivity index (χ1n) is 9.53. The third-order valence-electron chi connectivity index (χ3n) is 4.04. The highest BCUT2D eigenvalue weighted by Crippen LogP contribution is 2.04. The molecule has 11 N–H and O–H groups in total. The smallest absolute Gasteiger partial charge is 0.326 e. The summed E-state index contributed by atoms with van der Waals surface area (Å²) in [5, 5.41) is 24.7. The van der Waals surface area contributed by atoms with Gasteiger partial charge in [-0.05, 0) is 32.2 Å². The van der Waals surface area contributed by atoms with E-state index < -0.39 is 73.1 Å². The Hall–Kier alpha value is -3.26. The molecular formula is C17H30N6O8. The fourth-order valence-electron chi connectivity index (χ4n) is 2.41. The van der Waals surface area contributed by atoms with E-state index in [1.165, 1.54) is 0 Å². The van der Waals surface area contributed by atoms with Crippen LogP contribution in [0.25, 0.3) is 0 Å². The number of carbonyl (C=O) groups excluding carboxylic acids is 4. The SMILES string of the molecule is NCCCCC(NC(=O)C(CCC(=O)O)NC(=O)CNC(=O)C(N)CC(N)=O)C(=O)O. The van der Waals surface area contributed by atoms with Gasteiger partial charge in [0.05, 0.1) is 19.0 Å². The van der Waals surface area contributed by atoms with Crippen molar-refractivity contribution in [2.75, 3.05) is 13.1 Å². The van der Waals surface area contributed by atoms with Crippen molar-refractivity contribution in [2.45, 2.75) is 56.7 Å². The summed E-state index contributed by atoms with van der Waals surface area (Å²) < 4.78 is 0. The van der Waals surface area contributed by atoms with Crippen LogP contribution in [-0.4, -0.2) is 77.0 Å². The van der Waals surface area contributed by atoms with Crippen molar-refractivity contribution in [3.8, 4) is 0 Å². The monoisotopic (exact) mass is 446 g/mol. The molecule has 0 saturated carbocycles. The van der Waals surface area contributed by atoms with Crippen molar-refractivity contribution in [2.24, 2.45) is 17.2 Å². The van der Waals surface area contributed by atoms with Gasteiger partial charge >= 0.3 is 11.9 Å². The summed E-state index contributed by atoms with van der Waals surface area (Å²) in [5.41, 5.74) is 15.7. The first-order chi connectivity index (χ1) is 14.5. The lowest BCUT2D eigenvalue weighted by Gasteiger charge is -2.21. The molecule has 0 rings (SSSR count). The minimum Gasteiger partial charge on any atom is -0.481 e. The first-order valence-corrected chi connectivity index (χ1v) is 9.53. The minimum atomic E-state index is -1.35. The van der Waals surface area contributed by atoms with Gasteiger partial charge in [-0.3, -0.25) is 24.0 Å². The molecule has 14 heteroatoms. The van der Waals surface area contributed by atoms with Crippen molar-refractivity contribution in [3.05, 3.63) is 0 Å². The van der Waals surface area contributed by atoms with Gasteiger partial charge in [-0.15, -0.1) is 0 Å². The Balaban J connectivity index is 4.95. The third kappa shape index (κ3) is 12.8. The minimum absolute atomic E-state index is 0.103. The number of nitrogens with one attached hydrogen (secondary N) is 3. The molecular weight excluding hydrogens is 416 g/mol. The Morgan fingerprint density at radius 1 is 0.871 bits per heavy atom. The van der Waals surface area contributed by atoms with Gasteiger partial charge in [0, 0.05) is 6.42 Å². The molecule has 0 fully saturated rings. The average molecular weight is 446 g/mol. The number of aliphatic carboxylic acids is 2. The van der Waals surface area contributed by atoms with E-state index in [0.717, 1.165) is 0 Å². The molecule has 0 bridgehead atoms. The predicted octanol–water partition coefficient (Wildman–Crippen LogP) is -3.65. The van der Waals surface area contributed by atoms with E-state index in [9.17, 15) is 33.9 Å². The summed E-state index contributed by atoms with van der Waals surface area (Å²) in [4.78, 5) is 69.2. The van der Waals surface area contributed by atoms with Crippen LogP contribution in [-0.2, 0) is 28.8 Å². The lowest BCUT2D eigenvalue weighted by atomic mass is 10.1. The van der Waals surface area contributed by atoms with Gasteiger partial charge in [-0.1, -0.05) is 0 Å². The van der Waals surface area contributed by atoms with Crippen LogP contribution in [0.15, 0.2) is 0 Å². The largest absolute Gasteiger partial charge is 0.481 e. The van der Waals surface area contributed by atoms with Gasteiger partial charge in [0.15, 0.2) is 0 Å². The molecule has 176 valence electrons. The van der Waals surface area contributed by atoms with E-state index in [4.69, 9.17) is 22.3 Å². The third-order valence-corrected chi connectivity index (χ3v) is 4.04. The summed E-state index contributed by atoms with van der Waals surface area (Å²) in [6.07, 6.45) is -0.117. The van der Waals surface area contributed by atoms with Gasteiger partial charge in [-0.25, -0.2) is 4.79 Å². The van der Waals surface area contributed by atoms with E-state index in [1.54, 1.807) is 0 Å². The van der Waals surface area contributed by atoms with Crippen LogP contribution in [0.3, 0.4) is 0 Å². The van der Waals surface area contributed by atoms with Crippen LogP contribution in [0.4, 0.5) is 0 Å². The summed E-state index contributed by atoms with van der Waals surface area (Å²) in [7, 11) is 0. The Morgan fingerprint density at radius 3 is 2.03 bits per heavy atom. The molecule has 0 spiro atoms. The molecule has 0 radical (unpaired) electrons. The topological polar surface area (TPSA) is 257 Å². The van der Waals surface area contributed by atoms with E-state index in [2.05, 4.69) is 16.0 Å². The second kappa shape index (κ2) is 14.7. The summed E-state index contributed by atoms with van der Waals surface area (Å²) in [6.45, 7) is -0.257. The van der Waals surface area contributed by atoms with Crippen molar-refractivity contribution in [1.29, 1.82) is 0 Å². The van der Waals surface area contributed by atoms with Crippen molar-refractivity contribution >= 4 is 35.6 Å². The lowest BCUT2D eigenvalue weighted by Crippen LogP contribution is -2.54. The van der Waals surface area contributed by atoms with Gasteiger partial charge in [-0.2, -0.15) is 0 Å². The fourth-order valence-corrected chi connectivity index (χ4v) is 2.41. The first kappa shape index (κ1) is 27.7. The van der Waals surface area contributed by atoms with Crippen molar-refractivity contribution in [3.63, 3.8) is 0 Å². The van der Waals surface area contributed by atoms with Crippen molar-refractivity contribution < 1.29 is 39.0 Å². The molecule has 0 aliphatic carbocycles. The second-order valence-electron chi connectivity index (χ2n) is 6.73. The van der Waals surface area contributed by atoms with Gasteiger partial charge < -0.3 is 43.4 Å². The summed E-state index contributed by atoms with van der Waals surface area (Å²) >= 11 is 0. The van der Waals surface area contributed by atoms with Gasteiger partial charge in [0.25, 0.3) is 0 Å². The zero-order valence-electron chi connectivity index (χ0n) is 17.0. The number of nitrogens with two attached hydrogens (primary N) is 3. The molecule has 0 aliphatic rings. The van der Waals surface area contributed by atoms with Crippen LogP contribution < -0.4 is 33.2 Å². The Morgan fingerprint density at radius 2 is 1.52 bits per heavy atom. The van der Waals surface area contributed by atoms with E-state index in [0.29, 0.717) is 19.4 Å². The average Bonchev–Trinajstić information content (AvgIpc) is 2.67.